The summed E-state index contributed by atoms with van der Waals surface area (Å²) in [6, 6.07) is 0. The fraction of sp³-hybridized carbons (Fsp3) is 0.867. The van der Waals surface area contributed by atoms with Crippen molar-refractivity contribution in [3.63, 3.8) is 0 Å². The van der Waals surface area contributed by atoms with Crippen molar-refractivity contribution in [1.29, 1.82) is 0 Å². The van der Waals surface area contributed by atoms with E-state index >= 15 is 0 Å². The Labute approximate surface area is 202 Å². The number of unbranched alkanes of at least 4 members (excludes halogenated alkanes) is 8. The highest BCUT2D eigenvalue weighted by Gasteiger charge is 2.57. The molecule has 3 saturated carbocycles. The highest BCUT2D eigenvalue weighted by atomic mass is 16.5. The first-order valence-electron chi connectivity index (χ1n) is 14.5. The molecule has 0 aromatic heterocycles. The highest BCUT2D eigenvalue weighted by molar-refractivity contribution is 5.91. The number of carbonyl (C=O) groups is 2. The number of fused-ring (bicyclic) bond motifs is 5. The first-order valence-corrected chi connectivity index (χ1v) is 14.5. The number of hydrogen-bond acceptors (Lipinski definition) is 3. The van der Waals surface area contributed by atoms with E-state index in [4.69, 9.17) is 4.74 Å². The Bertz CT molecular complexity index is 709. The maximum Gasteiger partial charge on any atom is 0.306 e. The van der Waals surface area contributed by atoms with Crippen LogP contribution in [-0.4, -0.2) is 17.9 Å². The first kappa shape index (κ1) is 25.0. The minimum atomic E-state index is 0.0478. The largest absolute Gasteiger partial charge is 0.462 e. The molecule has 0 heterocycles. The third-order valence-corrected chi connectivity index (χ3v) is 9.97. The third kappa shape index (κ3) is 5.76. The molecule has 4 aliphatic rings. The van der Waals surface area contributed by atoms with Crippen LogP contribution in [0.15, 0.2) is 11.6 Å². The molecule has 4 rings (SSSR count). The normalized spacial score (nSPS) is 35.4. The van der Waals surface area contributed by atoms with Crippen molar-refractivity contribution < 1.29 is 14.3 Å². The summed E-state index contributed by atoms with van der Waals surface area (Å²) in [5, 5.41) is 0. The molecule has 33 heavy (non-hydrogen) atoms. The third-order valence-electron chi connectivity index (χ3n) is 9.97. The molecule has 0 aromatic rings. The van der Waals surface area contributed by atoms with Gasteiger partial charge in [0.1, 0.15) is 6.10 Å². The standard InChI is InChI=1S/C30H48O3/c1-3-4-5-6-7-8-9-10-11-12-29(32)33-28-18-17-27-26-15-13-22-21-23(31)14-16-24(22)25(26)19-20-30(27,28)2/h21,24-28H,3-20H2,1-2H3/t24?,25?,26?,27?,28?,30-/m0/s1. The zero-order valence-corrected chi connectivity index (χ0v) is 21.4. The number of hydrogen-bond donors (Lipinski definition) is 0. The lowest BCUT2D eigenvalue weighted by molar-refractivity contribution is -0.159. The summed E-state index contributed by atoms with van der Waals surface area (Å²) in [4.78, 5) is 24.6. The lowest BCUT2D eigenvalue weighted by atomic mass is 9.52. The minimum absolute atomic E-state index is 0.0478. The second kappa shape index (κ2) is 11.5. The minimum Gasteiger partial charge on any atom is -0.462 e. The Balaban J connectivity index is 1.20. The van der Waals surface area contributed by atoms with Crippen LogP contribution in [0.25, 0.3) is 0 Å². The van der Waals surface area contributed by atoms with Crippen LogP contribution in [0.1, 0.15) is 129 Å². The Morgan fingerprint density at radius 1 is 0.909 bits per heavy atom. The van der Waals surface area contributed by atoms with E-state index in [-0.39, 0.29) is 17.5 Å². The highest BCUT2D eigenvalue weighted by Crippen LogP contribution is 2.62. The lowest BCUT2D eigenvalue weighted by Gasteiger charge is -2.53. The van der Waals surface area contributed by atoms with Gasteiger partial charge in [-0.25, -0.2) is 0 Å². The molecule has 0 aromatic carbocycles. The van der Waals surface area contributed by atoms with Crippen molar-refractivity contribution in [3.05, 3.63) is 11.6 Å². The maximum absolute atomic E-state index is 12.7. The van der Waals surface area contributed by atoms with Crippen LogP contribution in [-0.2, 0) is 14.3 Å². The Kier molecular flexibility index (Phi) is 8.74. The van der Waals surface area contributed by atoms with E-state index in [0.717, 1.165) is 50.4 Å². The van der Waals surface area contributed by atoms with Gasteiger partial charge in [0.25, 0.3) is 0 Å². The second-order valence-corrected chi connectivity index (χ2v) is 12.0. The predicted molar refractivity (Wildman–Crippen MR) is 134 cm³/mol. The van der Waals surface area contributed by atoms with Gasteiger partial charge in [-0.2, -0.15) is 0 Å². The molecule has 0 amide bonds. The van der Waals surface area contributed by atoms with Crippen LogP contribution >= 0.6 is 0 Å². The van der Waals surface area contributed by atoms with Gasteiger partial charge in [0.2, 0.25) is 0 Å². The van der Waals surface area contributed by atoms with E-state index in [0.29, 0.717) is 24.0 Å². The molecule has 0 aliphatic heterocycles. The van der Waals surface area contributed by atoms with Gasteiger partial charge in [0.15, 0.2) is 5.78 Å². The van der Waals surface area contributed by atoms with Crippen molar-refractivity contribution >= 4 is 11.8 Å². The maximum atomic E-state index is 12.7. The quantitative estimate of drug-likeness (QED) is 0.234. The second-order valence-electron chi connectivity index (χ2n) is 12.0. The van der Waals surface area contributed by atoms with E-state index in [1.54, 1.807) is 0 Å². The SMILES string of the molecule is CCCCCCCCCCCC(=O)OC1CCC2C3CCC4=CC(=O)CCC4C3CC[C@]12C. The van der Waals surface area contributed by atoms with Crippen LogP contribution in [0, 0.1) is 29.1 Å². The Morgan fingerprint density at radius 2 is 1.64 bits per heavy atom. The topological polar surface area (TPSA) is 43.4 Å². The molecule has 6 atom stereocenters. The predicted octanol–water partition coefficient (Wildman–Crippen LogP) is 7.96. The zero-order valence-electron chi connectivity index (χ0n) is 21.4. The molecular weight excluding hydrogens is 408 g/mol. The number of allylic oxidation sites excluding steroid dienone is 1. The lowest BCUT2D eigenvalue weighted by Crippen LogP contribution is -2.48. The van der Waals surface area contributed by atoms with Crippen LogP contribution in [0.2, 0.25) is 0 Å². The molecule has 3 heteroatoms. The van der Waals surface area contributed by atoms with Gasteiger partial charge in [0.05, 0.1) is 0 Å². The monoisotopic (exact) mass is 456 g/mol. The van der Waals surface area contributed by atoms with Crippen molar-refractivity contribution in [3.8, 4) is 0 Å². The number of esters is 1. The molecular formula is C30H48O3. The zero-order chi connectivity index (χ0) is 23.3. The number of ketones is 1. The van der Waals surface area contributed by atoms with E-state index < -0.39 is 0 Å². The summed E-state index contributed by atoms with van der Waals surface area (Å²) in [7, 11) is 0. The van der Waals surface area contributed by atoms with E-state index in [9.17, 15) is 9.59 Å². The van der Waals surface area contributed by atoms with Crippen molar-refractivity contribution in [1.82, 2.24) is 0 Å². The summed E-state index contributed by atoms with van der Waals surface area (Å²) in [6.07, 6.45) is 23.1. The van der Waals surface area contributed by atoms with Gasteiger partial charge in [-0.05, 0) is 81.1 Å². The summed E-state index contributed by atoms with van der Waals surface area (Å²) in [5.74, 6) is 3.26. The van der Waals surface area contributed by atoms with Gasteiger partial charge >= 0.3 is 5.97 Å². The van der Waals surface area contributed by atoms with Crippen molar-refractivity contribution in [2.75, 3.05) is 0 Å². The number of rotatable bonds is 11. The molecule has 0 bridgehead atoms. The molecule has 0 radical (unpaired) electrons. The van der Waals surface area contributed by atoms with Crippen LogP contribution in [0.4, 0.5) is 0 Å². The number of carbonyl (C=O) groups excluding carboxylic acids is 2. The number of ether oxygens (including phenoxy) is 1. The van der Waals surface area contributed by atoms with Crippen LogP contribution in [0.3, 0.4) is 0 Å². The summed E-state index contributed by atoms with van der Waals surface area (Å²) < 4.78 is 6.16. The average Bonchev–Trinajstić information content (AvgIpc) is 3.13. The molecule has 3 nitrogen and oxygen atoms in total. The van der Waals surface area contributed by atoms with Gasteiger partial charge in [-0.15, -0.1) is 0 Å². The fourth-order valence-electron chi connectivity index (χ4n) is 8.12. The van der Waals surface area contributed by atoms with Crippen LogP contribution in [0.5, 0.6) is 0 Å². The summed E-state index contributed by atoms with van der Waals surface area (Å²) >= 11 is 0. The van der Waals surface area contributed by atoms with Crippen molar-refractivity contribution in [2.24, 2.45) is 29.1 Å². The van der Waals surface area contributed by atoms with Gasteiger partial charge in [-0.1, -0.05) is 70.8 Å². The van der Waals surface area contributed by atoms with Crippen LogP contribution < -0.4 is 0 Å². The molecule has 3 fully saturated rings. The Morgan fingerprint density at radius 3 is 2.39 bits per heavy atom. The summed E-state index contributed by atoms with van der Waals surface area (Å²) in [5.41, 5.74) is 1.62. The first-order chi connectivity index (χ1) is 16.0. The van der Waals surface area contributed by atoms with E-state index in [1.165, 1.54) is 76.2 Å². The molecule has 5 unspecified atom stereocenters. The summed E-state index contributed by atoms with van der Waals surface area (Å²) in [6.45, 7) is 4.69. The molecule has 4 aliphatic carbocycles. The Hall–Kier alpha value is -1.12. The molecule has 186 valence electrons. The molecule has 0 N–H and O–H groups in total. The molecule has 0 saturated heterocycles. The van der Waals surface area contributed by atoms with E-state index in [1.807, 2.05) is 6.08 Å². The van der Waals surface area contributed by atoms with Gasteiger partial charge in [0, 0.05) is 18.3 Å². The molecule has 0 spiro atoms. The van der Waals surface area contributed by atoms with Crippen molar-refractivity contribution in [2.45, 2.75) is 136 Å². The van der Waals surface area contributed by atoms with Gasteiger partial charge in [-0.3, -0.25) is 9.59 Å². The van der Waals surface area contributed by atoms with E-state index in [2.05, 4.69) is 13.8 Å². The van der Waals surface area contributed by atoms with Gasteiger partial charge < -0.3 is 4.74 Å². The smallest absolute Gasteiger partial charge is 0.306 e. The average molecular weight is 457 g/mol. The fourth-order valence-corrected chi connectivity index (χ4v) is 8.12.